The van der Waals surface area contributed by atoms with E-state index >= 15 is 0 Å². The van der Waals surface area contributed by atoms with Gasteiger partial charge < -0.3 is 9.33 Å². The van der Waals surface area contributed by atoms with Gasteiger partial charge in [0.05, 0.1) is 5.76 Å². The number of rotatable bonds is 4. The second-order valence-electron chi connectivity index (χ2n) is 6.80. The molecule has 3 heteroatoms. The Hall–Kier alpha value is -0.703. The Balaban J connectivity index is 2.64. The van der Waals surface area contributed by atoms with Gasteiger partial charge in [-0.2, -0.15) is 0 Å². The molecule has 0 unspecified atom stereocenters. The predicted octanol–water partition coefficient (Wildman–Crippen LogP) is 4.52. The highest BCUT2D eigenvalue weighted by atomic mass is 28.4. The summed E-state index contributed by atoms with van der Waals surface area (Å²) in [4.78, 5) is 2.35. The molecule has 1 aliphatic heterocycles. The van der Waals surface area contributed by atoms with Crippen molar-refractivity contribution in [3.8, 4) is 0 Å². The van der Waals surface area contributed by atoms with Gasteiger partial charge in [-0.25, -0.2) is 0 Å². The van der Waals surface area contributed by atoms with E-state index in [0.29, 0.717) is 0 Å². The molecule has 0 aromatic carbocycles. The van der Waals surface area contributed by atoms with Gasteiger partial charge in [-0.15, -0.1) is 0 Å². The van der Waals surface area contributed by atoms with Gasteiger partial charge in [0.15, 0.2) is 0 Å². The maximum atomic E-state index is 6.24. The monoisotopic (exact) mass is 267 g/mol. The van der Waals surface area contributed by atoms with E-state index in [2.05, 4.69) is 58.3 Å². The molecule has 1 saturated heterocycles. The average Bonchev–Trinajstić information content (AvgIpc) is 2.66. The Morgan fingerprint density at radius 1 is 1.22 bits per heavy atom. The zero-order valence-electron chi connectivity index (χ0n) is 13.0. The molecule has 0 radical (unpaired) electrons. The van der Waals surface area contributed by atoms with Crippen molar-refractivity contribution in [1.82, 2.24) is 4.90 Å². The standard InChI is InChI=1S/C15H29NOSi/c1-13(16-10-8-9-11-16)12-14(2)17-18(6,7)15(3,4)5/h12H,1,8-11H2,2-7H3. The SMILES string of the molecule is C=C(C=C(C)O[Si](C)(C)C(C)(C)C)N1CCCC1. The Morgan fingerprint density at radius 3 is 2.17 bits per heavy atom. The van der Waals surface area contributed by atoms with Crippen molar-refractivity contribution in [2.75, 3.05) is 13.1 Å². The smallest absolute Gasteiger partial charge is 0.250 e. The van der Waals surface area contributed by atoms with Crippen LogP contribution in [-0.2, 0) is 4.43 Å². The molecule has 0 aromatic heterocycles. The quantitative estimate of drug-likeness (QED) is 0.422. The van der Waals surface area contributed by atoms with Crippen LogP contribution in [0.5, 0.6) is 0 Å². The van der Waals surface area contributed by atoms with E-state index in [1.807, 2.05) is 0 Å². The van der Waals surface area contributed by atoms with E-state index in [1.54, 1.807) is 0 Å². The van der Waals surface area contributed by atoms with Crippen LogP contribution in [0.3, 0.4) is 0 Å². The van der Waals surface area contributed by atoms with Crippen LogP contribution in [0.25, 0.3) is 0 Å². The molecule has 18 heavy (non-hydrogen) atoms. The third-order valence-electron chi connectivity index (χ3n) is 4.10. The molecule has 0 bridgehead atoms. The molecular weight excluding hydrogens is 238 g/mol. The van der Waals surface area contributed by atoms with Gasteiger partial charge in [0.2, 0.25) is 8.32 Å². The fourth-order valence-corrected chi connectivity index (χ4v) is 3.09. The largest absolute Gasteiger partial charge is 0.547 e. The maximum Gasteiger partial charge on any atom is 0.250 e. The molecule has 0 aliphatic carbocycles. The summed E-state index contributed by atoms with van der Waals surface area (Å²) >= 11 is 0. The summed E-state index contributed by atoms with van der Waals surface area (Å²) in [5, 5.41) is 0.247. The van der Waals surface area contributed by atoms with Gasteiger partial charge in [-0.05, 0) is 44.0 Å². The van der Waals surface area contributed by atoms with E-state index in [0.717, 1.165) is 24.5 Å². The molecule has 104 valence electrons. The zero-order chi connectivity index (χ0) is 14.0. The fraction of sp³-hybridized carbons (Fsp3) is 0.733. The highest BCUT2D eigenvalue weighted by Gasteiger charge is 2.38. The van der Waals surface area contributed by atoms with Crippen molar-refractivity contribution in [1.29, 1.82) is 0 Å². The molecule has 1 fully saturated rings. The molecule has 1 heterocycles. The predicted molar refractivity (Wildman–Crippen MR) is 82.0 cm³/mol. The van der Waals surface area contributed by atoms with Gasteiger partial charge in [-0.3, -0.25) is 0 Å². The Morgan fingerprint density at radius 2 is 1.72 bits per heavy atom. The summed E-state index contributed by atoms with van der Waals surface area (Å²) in [7, 11) is -1.70. The van der Waals surface area contributed by atoms with Gasteiger partial charge in [-0.1, -0.05) is 27.4 Å². The number of likely N-dealkylation sites (tertiary alicyclic amines) is 1. The van der Waals surface area contributed by atoms with Crippen LogP contribution in [0.2, 0.25) is 18.1 Å². The van der Waals surface area contributed by atoms with Crippen molar-refractivity contribution in [3.63, 3.8) is 0 Å². The third kappa shape index (κ3) is 3.90. The Labute approximate surface area is 114 Å². The van der Waals surface area contributed by atoms with E-state index in [9.17, 15) is 0 Å². The van der Waals surface area contributed by atoms with Crippen LogP contribution in [0.4, 0.5) is 0 Å². The van der Waals surface area contributed by atoms with E-state index in [1.165, 1.54) is 12.8 Å². The van der Waals surface area contributed by atoms with Gasteiger partial charge in [0.1, 0.15) is 0 Å². The summed E-state index contributed by atoms with van der Waals surface area (Å²) in [5.74, 6) is 1.01. The lowest BCUT2D eigenvalue weighted by molar-refractivity contribution is 0.379. The second kappa shape index (κ2) is 5.51. The number of hydrogen-bond acceptors (Lipinski definition) is 2. The minimum atomic E-state index is -1.70. The first-order valence-corrected chi connectivity index (χ1v) is 9.85. The van der Waals surface area contributed by atoms with Crippen LogP contribution < -0.4 is 0 Å². The molecule has 1 aliphatic rings. The molecule has 0 amide bonds. The number of hydrogen-bond donors (Lipinski definition) is 0. The summed E-state index contributed by atoms with van der Waals surface area (Å²) in [6.45, 7) is 19.9. The normalized spacial score (nSPS) is 18.1. The third-order valence-corrected chi connectivity index (χ3v) is 8.55. The average molecular weight is 267 g/mol. The van der Waals surface area contributed by atoms with E-state index in [4.69, 9.17) is 4.43 Å². The lowest BCUT2D eigenvalue weighted by Crippen LogP contribution is -2.40. The van der Waals surface area contributed by atoms with Crippen LogP contribution in [0, 0.1) is 0 Å². The van der Waals surface area contributed by atoms with Crippen LogP contribution in [-0.4, -0.2) is 26.3 Å². The summed E-state index contributed by atoms with van der Waals surface area (Å²) < 4.78 is 6.24. The minimum Gasteiger partial charge on any atom is -0.547 e. The molecule has 0 atom stereocenters. The molecule has 0 saturated carbocycles. The highest BCUT2D eigenvalue weighted by molar-refractivity contribution is 6.74. The summed E-state index contributed by atoms with van der Waals surface area (Å²) in [6.07, 6.45) is 4.68. The molecular formula is C15H29NOSi. The Kier molecular flexibility index (Phi) is 4.70. The molecule has 0 aromatic rings. The van der Waals surface area contributed by atoms with Crippen LogP contribution in [0.15, 0.2) is 24.1 Å². The lowest BCUT2D eigenvalue weighted by atomic mass is 10.2. The van der Waals surface area contributed by atoms with E-state index in [-0.39, 0.29) is 5.04 Å². The molecule has 1 rings (SSSR count). The topological polar surface area (TPSA) is 12.5 Å². The van der Waals surface area contributed by atoms with E-state index < -0.39 is 8.32 Å². The second-order valence-corrected chi connectivity index (χ2v) is 11.5. The Bertz CT molecular complexity index is 333. The number of nitrogens with zero attached hydrogens (tertiary/aromatic N) is 1. The van der Waals surface area contributed by atoms with Crippen LogP contribution in [0.1, 0.15) is 40.5 Å². The summed E-state index contributed by atoms with van der Waals surface area (Å²) in [5.41, 5.74) is 1.10. The maximum absolute atomic E-state index is 6.24. The molecule has 0 N–H and O–H groups in total. The van der Waals surface area contributed by atoms with Crippen molar-refractivity contribution >= 4 is 8.32 Å². The van der Waals surface area contributed by atoms with Crippen molar-refractivity contribution < 1.29 is 4.43 Å². The highest BCUT2D eigenvalue weighted by Crippen LogP contribution is 2.37. The first-order chi connectivity index (χ1) is 8.13. The lowest BCUT2D eigenvalue weighted by Gasteiger charge is -2.37. The van der Waals surface area contributed by atoms with Gasteiger partial charge in [0.25, 0.3) is 0 Å². The van der Waals surface area contributed by atoms with Crippen LogP contribution >= 0.6 is 0 Å². The minimum absolute atomic E-state index is 0.247. The van der Waals surface area contributed by atoms with Gasteiger partial charge >= 0.3 is 0 Å². The van der Waals surface area contributed by atoms with Crippen molar-refractivity contribution in [2.24, 2.45) is 0 Å². The first kappa shape index (κ1) is 15.4. The van der Waals surface area contributed by atoms with Crippen molar-refractivity contribution in [2.45, 2.75) is 58.7 Å². The number of allylic oxidation sites excluding steroid dienone is 2. The fourth-order valence-electron chi connectivity index (χ4n) is 1.92. The summed E-state index contributed by atoms with van der Waals surface area (Å²) in [6, 6.07) is 0. The molecule has 0 spiro atoms. The molecule has 2 nitrogen and oxygen atoms in total. The van der Waals surface area contributed by atoms with Crippen molar-refractivity contribution in [3.05, 3.63) is 24.1 Å². The first-order valence-electron chi connectivity index (χ1n) is 6.95. The zero-order valence-corrected chi connectivity index (χ0v) is 14.0. The van der Waals surface area contributed by atoms with Gasteiger partial charge in [0, 0.05) is 18.8 Å².